The Bertz CT molecular complexity index is 232. The Kier molecular flexibility index (Phi) is 0.894. The zero-order valence-corrected chi connectivity index (χ0v) is 5.66. The van der Waals surface area contributed by atoms with Crippen molar-refractivity contribution in [3.05, 3.63) is 0 Å². The third kappa shape index (κ3) is 0.571. The van der Waals surface area contributed by atoms with Gasteiger partial charge < -0.3 is 14.9 Å². The van der Waals surface area contributed by atoms with Gasteiger partial charge in [-0.2, -0.15) is 10.2 Å². The number of hydrogen-bond donors (Lipinski definition) is 2. The van der Waals surface area contributed by atoms with Gasteiger partial charge in [0.05, 0.1) is 0 Å². The van der Waals surface area contributed by atoms with Gasteiger partial charge in [0.2, 0.25) is 0 Å². The van der Waals surface area contributed by atoms with Crippen molar-refractivity contribution >= 4 is 0 Å². The predicted molar refractivity (Wildman–Crippen MR) is 33.1 cm³/mol. The molecule has 0 spiro atoms. The van der Waals surface area contributed by atoms with Gasteiger partial charge in [0, 0.05) is 0 Å². The first-order chi connectivity index (χ1) is 5.29. The molecule has 2 heterocycles. The highest BCUT2D eigenvalue weighted by molar-refractivity contribution is 5.15. The van der Waals surface area contributed by atoms with Gasteiger partial charge in [-0.1, -0.05) is 0 Å². The van der Waals surface area contributed by atoms with E-state index in [4.69, 9.17) is 4.74 Å². The highest BCUT2D eigenvalue weighted by Crippen LogP contribution is 2.43. The molecule has 3 rings (SSSR count). The molecular weight excluding hydrogens is 148 g/mol. The number of azo groups is 1. The van der Waals surface area contributed by atoms with E-state index in [0.29, 0.717) is 0 Å². The lowest BCUT2D eigenvalue weighted by Gasteiger charge is -2.22. The second-order valence-corrected chi connectivity index (χ2v) is 3.26. The van der Waals surface area contributed by atoms with E-state index in [2.05, 4.69) is 10.2 Å². The Labute approximate surface area is 62.7 Å². The summed E-state index contributed by atoms with van der Waals surface area (Å²) >= 11 is 0. The molecule has 2 fully saturated rings. The fourth-order valence-corrected chi connectivity index (χ4v) is 1.90. The Balaban J connectivity index is 2.00. The standard InChI is InChI=1S/C6H8N2O3/c9-3-1-4(10)6-5(11-6)2(3)8-7-1/h1-6,9-10H/t1-,2+,3-,4+,5-,6+/m1/s1. The molecule has 2 bridgehead atoms. The smallest absolute Gasteiger partial charge is 0.128 e. The monoisotopic (exact) mass is 156 g/mol. The summed E-state index contributed by atoms with van der Waals surface area (Å²) in [7, 11) is 0. The van der Waals surface area contributed by atoms with Gasteiger partial charge in [-0.3, -0.25) is 0 Å². The van der Waals surface area contributed by atoms with Crippen molar-refractivity contribution in [2.24, 2.45) is 10.2 Å². The zero-order chi connectivity index (χ0) is 7.59. The number of nitrogens with zero attached hydrogens (tertiary/aromatic N) is 2. The van der Waals surface area contributed by atoms with Gasteiger partial charge in [-0.05, 0) is 0 Å². The molecule has 0 aromatic carbocycles. The molecule has 1 saturated carbocycles. The van der Waals surface area contributed by atoms with Crippen LogP contribution in [0.2, 0.25) is 0 Å². The van der Waals surface area contributed by atoms with E-state index in [1.54, 1.807) is 0 Å². The zero-order valence-electron chi connectivity index (χ0n) is 5.66. The Morgan fingerprint density at radius 3 is 2.45 bits per heavy atom. The molecule has 11 heavy (non-hydrogen) atoms. The Morgan fingerprint density at radius 2 is 1.64 bits per heavy atom. The molecule has 0 radical (unpaired) electrons. The first-order valence-corrected chi connectivity index (χ1v) is 3.70. The van der Waals surface area contributed by atoms with E-state index in [-0.39, 0.29) is 18.2 Å². The lowest BCUT2D eigenvalue weighted by Crippen LogP contribution is -2.48. The molecule has 0 amide bonds. The molecule has 0 aromatic heterocycles. The maximum absolute atomic E-state index is 9.45. The van der Waals surface area contributed by atoms with Crippen LogP contribution in [0.3, 0.4) is 0 Å². The molecule has 1 aliphatic carbocycles. The fraction of sp³-hybridized carbons (Fsp3) is 1.00. The number of fused-ring (bicyclic) bond motifs is 4. The van der Waals surface area contributed by atoms with Crippen LogP contribution in [0, 0.1) is 0 Å². The summed E-state index contributed by atoms with van der Waals surface area (Å²) in [6.07, 6.45) is -1.49. The van der Waals surface area contributed by atoms with Crippen molar-refractivity contribution in [1.29, 1.82) is 0 Å². The van der Waals surface area contributed by atoms with E-state index < -0.39 is 18.2 Å². The van der Waals surface area contributed by atoms with E-state index in [1.807, 2.05) is 0 Å². The quantitative estimate of drug-likeness (QED) is 0.427. The average molecular weight is 156 g/mol. The SMILES string of the molecule is O[C@@H]1[C@H]2N=N[C@@H]1[C@H]1O[C@H]1[C@H]2O. The topological polar surface area (TPSA) is 77.7 Å². The largest absolute Gasteiger partial charge is 0.388 e. The van der Waals surface area contributed by atoms with Crippen LogP contribution in [0.25, 0.3) is 0 Å². The van der Waals surface area contributed by atoms with Crippen molar-refractivity contribution in [2.45, 2.75) is 36.5 Å². The number of epoxide rings is 1. The minimum Gasteiger partial charge on any atom is -0.388 e. The first-order valence-electron chi connectivity index (χ1n) is 3.70. The summed E-state index contributed by atoms with van der Waals surface area (Å²) in [4.78, 5) is 0. The number of aliphatic hydroxyl groups excluding tert-OH is 2. The summed E-state index contributed by atoms with van der Waals surface area (Å²) < 4.78 is 5.13. The lowest BCUT2D eigenvalue weighted by atomic mass is 9.88. The minimum absolute atomic E-state index is 0.0810. The second kappa shape index (κ2) is 1.63. The Hall–Kier alpha value is -0.520. The first kappa shape index (κ1) is 6.05. The van der Waals surface area contributed by atoms with Crippen molar-refractivity contribution < 1.29 is 14.9 Å². The molecule has 0 unspecified atom stereocenters. The molecule has 0 aromatic rings. The van der Waals surface area contributed by atoms with Crippen molar-refractivity contribution in [3.63, 3.8) is 0 Å². The van der Waals surface area contributed by atoms with Gasteiger partial charge in [0.1, 0.15) is 36.5 Å². The van der Waals surface area contributed by atoms with Gasteiger partial charge in [0.25, 0.3) is 0 Å². The van der Waals surface area contributed by atoms with E-state index in [0.717, 1.165) is 0 Å². The van der Waals surface area contributed by atoms with Crippen molar-refractivity contribution in [3.8, 4) is 0 Å². The summed E-state index contributed by atoms with van der Waals surface area (Å²) in [5.74, 6) is 0. The Morgan fingerprint density at radius 1 is 0.909 bits per heavy atom. The van der Waals surface area contributed by atoms with Crippen molar-refractivity contribution in [1.82, 2.24) is 0 Å². The predicted octanol–water partition coefficient (Wildman–Crippen LogP) is -1.31. The number of hydrogen-bond acceptors (Lipinski definition) is 5. The van der Waals surface area contributed by atoms with Gasteiger partial charge >= 0.3 is 0 Å². The third-order valence-electron chi connectivity index (χ3n) is 2.62. The van der Waals surface area contributed by atoms with E-state index in [1.165, 1.54) is 0 Å². The summed E-state index contributed by atoms with van der Waals surface area (Å²) in [6, 6.07) is -0.655. The van der Waals surface area contributed by atoms with Gasteiger partial charge in [-0.25, -0.2) is 0 Å². The summed E-state index contributed by atoms with van der Waals surface area (Å²) in [5.41, 5.74) is 0. The molecule has 5 heteroatoms. The van der Waals surface area contributed by atoms with Crippen LogP contribution in [0.15, 0.2) is 10.2 Å². The molecule has 6 atom stereocenters. The molecule has 2 aliphatic heterocycles. The van der Waals surface area contributed by atoms with Gasteiger partial charge in [-0.15, -0.1) is 0 Å². The third-order valence-corrected chi connectivity index (χ3v) is 2.62. The van der Waals surface area contributed by atoms with Crippen molar-refractivity contribution in [2.75, 3.05) is 0 Å². The van der Waals surface area contributed by atoms with Crippen LogP contribution in [0.1, 0.15) is 0 Å². The molecule has 5 nitrogen and oxygen atoms in total. The van der Waals surface area contributed by atoms with Gasteiger partial charge in [0.15, 0.2) is 0 Å². The number of aliphatic hydroxyl groups is 2. The van der Waals surface area contributed by atoms with Crippen LogP contribution in [0.4, 0.5) is 0 Å². The van der Waals surface area contributed by atoms with E-state index in [9.17, 15) is 10.2 Å². The normalized spacial score (nSPS) is 64.5. The molecule has 60 valence electrons. The maximum Gasteiger partial charge on any atom is 0.128 e. The average Bonchev–Trinajstić information content (AvgIpc) is 2.68. The van der Waals surface area contributed by atoms with Crippen LogP contribution in [-0.2, 0) is 4.74 Å². The molecule has 2 N–H and O–H groups in total. The highest BCUT2D eigenvalue weighted by atomic mass is 16.6. The molecule has 3 aliphatic rings. The van der Waals surface area contributed by atoms with E-state index >= 15 is 0 Å². The lowest BCUT2D eigenvalue weighted by molar-refractivity contribution is 0.0377. The van der Waals surface area contributed by atoms with Crippen LogP contribution in [0.5, 0.6) is 0 Å². The number of ether oxygens (including phenoxy) is 1. The second-order valence-electron chi connectivity index (χ2n) is 3.26. The minimum atomic E-state index is -0.655. The highest BCUT2D eigenvalue weighted by Gasteiger charge is 2.63. The van der Waals surface area contributed by atoms with Crippen LogP contribution >= 0.6 is 0 Å². The summed E-state index contributed by atoms with van der Waals surface area (Å²) in [6.45, 7) is 0. The maximum atomic E-state index is 9.45. The molecular formula is C6H8N2O3. The fourth-order valence-electron chi connectivity index (χ4n) is 1.90. The number of rotatable bonds is 0. The summed E-state index contributed by atoms with van der Waals surface area (Å²) in [5, 5.41) is 26.5. The van der Waals surface area contributed by atoms with Crippen LogP contribution < -0.4 is 0 Å². The molecule has 1 saturated heterocycles. The van der Waals surface area contributed by atoms with Crippen LogP contribution in [-0.4, -0.2) is 46.7 Å².